The maximum Gasteiger partial charge on any atom is 0.253 e. The Bertz CT molecular complexity index is 1150. The van der Waals surface area contributed by atoms with Gasteiger partial charge in [0.05, 0.1) is 10.4 Å². The molecule has 2 aromatic carbocycles. The van der Waals surface area contributed by atoms with Gasteiger partial charge in [-0.3, -0.25) is 9.78 Å². The molecular weight excluding hydrogens is 386 g/mol. The predicted molar refractivity (Wildman–Crippen MR) is 112 cm³/mol. The number of rotatable bonds is 3. The van der Waals surface area contributed by atoms with E-state index in [1.807, 2.05) is 25.1 Å². The Hall–Kier alpha value is -2.77. The molecule has 4 rings (SSSR count). The lowest BCUT2D eigenvalue weighted by Gasteiger charge is -2.22. The fourth-order valence-electron chi connectivity index (χ4n) is 3.75. The van der Waals surface area contributed by atoms with Gasteiger partial charge in [0.1, 0.15) is 0 Å². The van der Waals surface area contributed by atoms with Crippen molar-refractivity contribution in [2.45, 2.75) is 18.2 Å². The van der Waals surface area contributed by atoms with E-state index < -0.39 is 10.0 Å². The highest BCUT2D eigenvalue weighted by Crippen LogP contribution is 2.27. The van der Waals surface area contributed by atoms with Gasteiger partial charge < -0.3 is 4.90 Å². The van der Waals surface area contributed by atoms with E-state index in [0.29, 0.717) is 42.5 Å². The molecule has 1 fully saturated rings. The minimum atomic E-state index is -3.69. The summed E-state index contributed by atoms with van der Waals surface area (Å²) in [7, 11) is -3.69. The molecule has 0 aliphatic carbocycles. The van der Waals surface area contributed by atoms with Crippen molar-refractivity contribution in [2.24, 2.45) is 0 Å². The normalized spacial score (nSPS) is 16.0. The van der Waals surface area contributed by atoms with Gasteiger partial charge in [0.25, 0.3) is 5.91 Å². The van der Waals surface area contributed by atoms with E-state index in [1.54, 1.807) is 47.5 Å². The third-order valence-electron chi connectivity index (χ3n) is 5.31. The van der Waals surface area contributed by atoms with E-state index in [-0.39, 0.29) is 17.3 Å². The second-order valence-corrected chi connectivity index (χ2v) is 9.10. The van der Waals surface area contributed by atoms with Gasteiger partial charge in [0, 0.05) is 43.3 Å². The first-order chi connectivity index (χ1) is 14.0. The highest BCUT2D eigenvalue weighted by Gasteiger charge is 2.30. The Kier molecular flexibility index (Phi) is 5.34. The number of aryl methyl sites for hydroxylation is 1. The van der Waals surface area contributed by atoms with Gasteiger partial charge in [-0.2, -0.15) is 4.31 Å². The lowest BCUT2D eigenvalue weighted by molar-refractivity contribution is 0.0764. The monoisotopic (exact) mass is 409 g/mol. The van der Waals surface area contributed by atoms with Gasteiger partial charge >= 0.3 is 0 Å². The highest BCUT2D eigenvalue weighted by atomic mass is 32.2. The molecule has 0 bridgehead atoms. The van der Waals surface area contributed by atoms with Crippen LogP contribution in [-0.2, 0) is 10.0 Å². The van der Waals surface area contributed by atoms with Crippen molar-refractivity contribution in [1.29, 1.82) is 0 Å². The van der Waals surface area contributed by atoms with Crippen molar-refractivity contribution in [2.75, 3.05) is 26.2 Å². The molecule has 1 aromatic heterocycles. The first kappa shape index (κ1) is 19.5. The number of sulfonamides is 1. The fraction of sp³-hybridized carbons (Fsp3) is 0.273. The molecule has 0 atom stereocenters. The number of aromatic nitrogens is 1. The van der Waals surface area contributed by atoms with Crippen molar-refractivity contribution in [3.05, 3.63) is 71.9 Å². The summed E-state index contributed by atoms with van der Waals surface area (Å²) >= 11 is 0. The van der Waals surface area contributed by atoms with Crippen LogP contribution in [0.5, 0.6) is 0 Å². The molecule has 1 saturated heterocycles. The standard InChI is InChI=1S/C22H23N3O3S/c1-17-10-11-20(19-9-5-12-23-21(17)19)29(27,28)25-14-6-13-24(15-16-25)22(26)18-7-3-2-4-8-18/h2-5,7-12H,6,13-16H2,1H3. The van der Waals surface area contributed by atoms with Gasteiger partial charge in [-0.15, -0.1) is 0 Å². The molecule has 0 N–H and O–H groups in total. The number of amides is 1. The predicted octanol–water partition coefficient (Wildman–Crippen LogP) is 3.08. The summed E-state index contributed by atoms with van der Waals surface area (Å²) in [6.07, 6.45) is 2.27. The van der Waals surface area contributed by atoms with Crippen LogP contribution >= 0.6 is 0 Å². The molecular formula is C22H23N3O3S. The number of fused-ring (bicyclic) bond motifs is 1. The molecule has 150 valence electrons. The SMILES string of the molecule is Cc1ccc(S(=O)(=O)N2CCCN(C(=O)c3ccccc3)CC2)c2cccnc12. The van der Waals surface area contributed by atoms with E-state index in [2.05, 4.69) is 4.98 Å². The Balaban J connectivity index is 1.60. The second kappa shape index (κ2) is 7.93. The zero-order valence-corrected chi connectivity index (χ0v) is 17.1. The third kappa shape index (κ3) is 3.75. The van der Waals surface area contributed by atoms with Gasteiger partial charge in [0.2, 0.25) is 10.0 Å². The van der Waals surface area contributed by atoms with E-state index in [0.717, 1.165) is 5.56 Å². The Morgan fingerprint density at radius 1 is 0.931 bits per heavy atom. The van der Waals surface area contributed by atoms with Crippen molar-refractivity contribution < 1.29 is 13.2 Å². The second-order valence-electron chi connectivity index (χ2n) is 7.20. The van der Waals surface area contributed by atoms with Crippen LogP contribution in [0.1, 0.15) is 22.3 Å². The summed E-state index contributed by atoms with van der Waals surface area (Å²) < 4.78 is 28.3. The number of nitrogens with zero attached hydrogens (tertiary/aromatic N) is 3. The van der Waals surface area contributed by atoms with Crippen LogP contribution in [-0.4, -0.2) is 54.7 Å². The highest BCUT2D eigenvalue weighted by molar-refractivity contribution is 7.89. The minimum absolute atomic E-state index is 0.0603. The van der Waals surface area contributed by atoms with Gasteiger partial charge in [-0.25, -0.2) is 8.42 Å². The number of pyridine rings is 1. The summed E-state index contributed by atoms with van der Waals surface area (Å²) in [5, 5.41) is 0.633. The van der Waals surface area contributed by atoms with Crippen LogP contribution < -0.4 is 0 Å². The molecule has 0 unspecified atom stereocenters. The molecule has 3 aromatic rings. The molecule has 1 aliphatic rings. The van der Waals surface area contributed by atoms with E-state index in [9.17, 15) is 13.2 Å². The number of hydrogen-bond acceptors (Lipinski definition) is 4. The summed E-state index contributed by atoms with van der Waals surface area (Å²) in [5.41, 5.74) is 2.26. The molecule has 1 aliphatic heterocycles. The average molecular weight is 410 g/mol. The van der Waals surface area contributed by atoms with Crippen LogP contribution in [0.3, 0.4) is 0 Å². The summed E-state index contributed by atoms with van der Waals surface area (Å²) in [6.45, 7) is 3.49. The van der Waals surface area contributed by atoms with Crippen LogP contribution in [0.25, 0.3) is 10.9 Å². The fourth-order valence-corrected chi connectivity index (χ4v) is 5.40. The van der Waals surface area contributed by atoms with Gasteiger partial charge in [-0.1, -0.05) is 24.3 Å². The van der Waals surface area contributed by atoms with E-state index in [1.165, 1.54) is 4.31 Å². The van der Waals surface area contributed by atoms with Crippen molar-refractivity contribution in [1.82, 2.24) is 14.2 Å². The Labute approximate surface area is 170 Å². The maximum atomic E-state index is 13.4. The van der Waals surface area contributed by atoms with Crippen molar-refractivity contribution in [3.63, 3.8) is 0 Å². The molecule has 0 saturated carbocycles. The van der Waals surface area contributed by atoms with Crippen LogP contribution in [0.15, 0.2) is 65.7 Å². The molecule has 7 heteroatoms. The number of hydrogen-bond donors (Lipinski definition) is 0. The number of benzene rings is 2. The smallest absolute Gasteiger partial charge is 0.253 e. The van der Waals surface area contributed by atoms with Gasteiger partial charge in [-0.05, 0) is 49.2 Å². The Morgan fingerprint density at radius 2 is 1.72 bits per heavy atom. The topological polar surface area (TPSA) is 70.6 Å². The Morgan fingerprint density at radius 3 is 2.52 bits per heavy atom. The summed E-state index contributed by atoms with van der Waals surface area (Å²) in [6, 6.07) is 16.1. The zero-order chi connectivity index (χ0) is 20.4. The largest absolute Gasteiger partial charge is 0.337 e. The maximum absolute atomic E-state index is 13.4. The van der Waals surface area contributed by atoms with Gasteiger partial charge in [0.15, 0.2) is 0 Å². The average Bonchev–Trinajstić information content (AvgIpc) is 3.01. The summed E-state index contributed by atoms with van der Waals surface area (Å²) in [4.78, 5) is 19.1. The van der Waals surface area contributed by atoms with Crippen molar-refractivity contribution >= 4 is 26.8 Å². The molecule has 0 spiro atoms. The van der Waals surface area contributed by atoms with Crippen LogP contribution in [0.2, 0.25) is 0 Å². The van der Waals surface area contributed by atoms with Crippen LogP contribution in [0, 0.1) is 6.92 Å². The minimum Gasteiger partial charge on any atom is -0.337 e. The van der Waals surface area contributed by atoms with E-state index >= 15 is 0 Å². The molecule has 29 heavy (non-hydrogen) atoms. The van der Waals surface area contributed by atoms with Crippen molar-refractivity contribution in [3.8, 4) is 0 Å². The van der Waals surface area contributed by atoms with Crippen LogP contribution in [0.4, 0.5) is 0 Å². The summed E-state index contributed by atoms with van der Waals surface area (Å²) in [5.74, 6) is -0.0603. The molecule has 2 heterocycles. The number of carbonyl (C=O) groups excluding carboxylic acids is 1. The lowest BCUT2D eigenvalue weighted by atomic mass is 10.1. The first-order valence-corrected chi connectivity index (χ1v) is 11.1. The molecule has 1 amide bonds. The number of carbonyl (C=O) groups is 1. The first-order valence-electron chi connectivity index (χ1n) is 9.67. The molecule has 6 nitrogen and oxygen atoms in total. The molecule has 0 radical (unpaired) electrons. The van der Waals surface area contributed by atoms with E-state index in [4.69, 9.17) is 0 Å². The quantitative estimate of drug-likeness (QED) is 0.667. The lowest BCUT2D eigenvalue weighted by Crippen LogP contribution is -2.37. The zero-order valence-electron chi connectivity index (χ0n) is 16.3. The third-order valence-corrected chi connectivity index (χ3v) is 7.27.